The molecule has 0 saturated heterocycles. The number of aliphatic hydroxyl groups is 1. The van der Waals surface area contributed by atoms with Crippen LogP contribution in [0.1, 0.15) is 24.8 Å². The molecule has 0 radical (unpaired) electrons. The van der Waals surface area contributed by atoms with E-state index in [0.29, 0.717) is 35.7 Å². The van der Waals surface area contributed by atoms with Crippen molar-refractivity contribution in [1.82, 2.24) is 10.1 Å². The van der Waals surface area contributed by atoms with Gasteiger partial charge >= 0.3 is 0 Å². The highest BCUT2D eigenvalue weighted by atomic mass is 19.1. The van der Waals surface area contributed by atoms with E-state index in [1.54, 1.807) is 19.1 Å². The first kappa shape index (κ1) is 12.7. The Morgan fingerprint density at radius 3 is 2.89 bits per heavy atom. The van der Waals surface area contributed by atoms with Crippen molar-refractivity contribution in [2.45, 2.75) is 32.8 Å². The molecule has 0 aliphatic carbocycles. The summed E-state index contributed by atoms with van der Waals surface area (Å²) in [5, 5.41) is 13.3. The highest BCUT2D eigenvalue weighted by Gasteiger charge is 2.12. The smallest absolute Gasteiger partial charge is 0.229 e. The average Bonchev–Trinajstić information content (AvgIpc) is 2.81. The van der Waals surface area contributed by atoms with Crippen LogP contribution in [0, 0.1) is 12.7 Å². The zero-order chi connectivity index (χ0) is 13.1. The van der Waals surface area contributed by atoms with Crippen LogP contribution in [-0.2, 0) is 6.42 Å². The van der Waals surface area contributed by atoms with Gasteiger partial charge in [0.15, 0.2) is 0 Å². The maximum Gasteiger partial charge on any atom is 0.229 e. The number of aliphatic hydroxyl groups excluding tert-OH is 1. The summed E-state index contributed by atoms with van der Waals surface area (Å²) >= 11 is 0. The summed E-state index contributed by atoms with van der Waals surface area (Å²) in [6.07, 6.45) is 0.447. The average molecular weight is 250 g/mol. The van der Waals surface area contributed by atoms with Gasteiger partial charge in [-0.3, -0.25) is 0 Å². The molecule has 0 fully saturated rings. The predicted molar refractivity (Wildman–Crippen MR) is 64.4 cm³/mol. The van der Waals surface area contributed by atoms with Crippen molar-refractivity contribution in [2.75, 3.05) is 0 Å². The Labute approximate surface area is 104 Å². The van der Waals surface area contributed by atoms with Crippen molar-refractivity contribution in [1.29, 1.82) is 0 Å². The first-order valence-corrected chi connectivity index (χ1v) is 5.87. The van der Waals surface area contributed by atoms with E-state index in [0.717, 1.165) is 0 Å². The van der Waals surface area contributed by atoms with Crippen molar-refractivity contribution in [2.24, 2.45) is 0 Å². The van der Waals surface area contributed by atoms with Crippen molar-refractivity contribution in [3.05, 3.63) is 35.5 Å². The molecule has 0 spiro atoms. The molecule has 0 saturated carbocycles. The van der Waals surface area contributed by atoms with Gasteiger partial charge in [0.2, 0.25) is 11.7 Å². The van der Waals surface area contributed by atoms with Crippen LogP contribution in [0.2, 0.25) is 0 Å². The Morgan fingerprint density at radius 1 is 1.44 bits per heavy atom. The van der Waals surface area contributed by atoms with Crippen LogP contribution in [0.15, 0.2) is 22.7 Å². The van der Waals surface area contributed by atoms with Crippen molar-refractivity contribution >= 4 is 0 Å². The summed E-state index contributed by atoms with van der Waals surface area (Å²) < 4.78 is 18.4. The Hall–Kier alpha value is -1.75. The van der Waals surface area contributed by atoms with Gasteiger partial charge in [-0.1, -0.05) is 24.2 Å². The van der Waals surface area contributed by atoms with E-state index in [-0.39, 0.29) is 5.82 Å². The van der Waals surface area contributed by atoms with Gasteiger partial charge in [0.25, 0.3) is 0 Å². The number of halogens is 1. The topological polar surface area (TPSA) is 59.2 Å². The van der Waals surface area contributed by atoms with E-state index >= 15 is 0 Å². The Kier molecular flexibility index (Phi) is 3.72. The minimum absolute atomic E-state index is 0.299. The zero-order valence-corrected chi connectivity index (χ0v) is 10.4. The summed E-state index contributed by atoms with van der Waals surface area (Å²) in [5.41, 5.74) is 1.14. The number of aryl methyl sites for hydroxylation is 1. The summed E-state index contributed by atoms with van der Waals surface area (Å²) in [7, 11) is 0. The molecule has 2 rings (SSSR count). The van der Waals surface area contributed by atoms with E-state index in [1.807, 2.05) is 6.92 Å². The lowest BCUT2D eigenvalue weighted by molar-refractivity contribution is 0.158. The second kappa shape index (κ2) is 5.27. The fraction of sp³-hybridized carbons (Fsp3) is 0.385. The van der Waals surface area contributed by atoms with Crippen molar-refractivity contribution < 1.29 is 14.0 Å². The van der Waals surface area contributed by atoms with Crippen LogP contribution >= 0.6 is 0 Å². The number of hydrogen-bond acceptors (Lipinski definition) is 4. The predicted octanol–water partition coefficient (Wildman–Crippen LogP) is 2.50. The molecule has 0 aliphatic heterocycles. The molecule has 1 heterocycles. The lowest BCUT2D eigenvalue weighted by Crippen LogP contribution is -2.08. The fourth-order valence-corrected chi connectivity index (χ4v) is 1.53. The van der Waals surface area contributed by atoms with Crippen LogP contribution in [-0.4, -0.2) is 21.4 Å². The highest BCUT2D eigenvalue weighted by Crippen LogP contribution is 2.19. The van der Waals surface area contributed by atoms with Gasteiger partial charge in [-0.2, -0.15) is 4.98 Å². The second-order valence-electron chi connectivity index (χ2n) is 4.24. The van der Waals surface area contributed by atoms with E-state index in [2.05, 4.69) is 10.1 Å². The molecular formula is C13H15FN2O2. The molecule has 2 aromatic rings. The van der Waals surface area contributed by atoms with Gasteiger partial charge in [-0.15, -0.1) is 0 Å². The minimum atomic E-state index is -0.493. The van der Waals surface area contributed by atoms with E-state index < -0.39 is 6.10 Å². The lowest BCUT2D eigenvalue weighted by atomic mass is 10.1. The summed E-state index contributed by atoms with van der Waals surface area (Å²) in [6.45, 7) is 3.57. The summed E-state index contributed by atoms with van der Waals surface area (Å²) in [4.78, 5) is 4.13. The molecule has 96 valence electrons. The summed E-state index contributed by atoms with van der Waals surface area (Å²) in [5.74, 6) is 0.403. The van der Waals surface area contributed by atoms with Gasteiger partial charge in [0, 0.05) is 5.56 Å². The first-order chi connectivity index (χ1) is 8.60. The number of rotatable bonds is 4. The number of nitrogens with zero attached hydrogens (tertiary/aromatic N) is 2. The molecule has 1 N–H and O–H groups in total. The molecule has 18 heavy (non-hydrogen) atoms. The molecule has 4 nitrogen and oxygen atoms in total. The van der Waals surface area contributed by atoms with Crippen molar-refractivity contribution in [3.63, 3.8) is 0 Å². The SMILES string of the molecule is CCC(O)Cc1nc(-c2ccc(C)c(F)c2)no1. The Morgan fingerprint density at radius 2 is 2.22 bits per heavy atom. The fourth-order valence-electron chi connectivity index (χ4n) is 1.53. The third-order valence-corrected chi connectivity index (χ3v) is 2.78. The second-order valence-corrected chi connectivity index (χ2v) is 4.24. The van der Waals surface area contributed by atoms with Gasteiger partial charge in [0.05, 0.1) is 12.5 Å². The molecule has 1 atom stereocenters. The maximum absolute atomic E-state index is 13.4. The van der Waals surface area contributed by atoms with E-state index in [4.69, 9.17) is 4.52 Å². The highest BCUT2D eigenvalue weighted by molar-refractivity contribution is 5.54. The third-order valence-electron chi connectivity index (χ3n) is 2.78. The van der Waals surface area contributed by atoms with Gasteiger partial charge in [-0.25, -0.2) is 4.39 Å². The van der Waals surface area contributed by atoms with Crippen LogP contribution < -0.4 is 0 Å². The third kappa shape index (κ3) is 2.73. The molecule has 1 aromatic carbocycles. The zero-order valence-electron chi connectivity index (χ0n) is 10.4. The molecule has 5 heteroatoms. The summed E-state index contributed by atoms with van der Waals surface area (Å²) in [6, 6.07) is 4.78. The lowest BCUT2D eigenvalue weighted by Gasteiger charge is -2.01. The normalized spacial score (nSPS) is 12.7. The first-order valence-electron chi connectivity index (χ1n) is 5.87. The van der Waals surface area contributed by atoms with Crippen LogP contribution in [0.25, 0.3) is 11.4 Å². The molecule has 0 amide bonds. The Bertz CT molecular complexity index is 540. The van der Waals surface area contributed by atoms with Crippen LogP contribution in [0.4, 0.5) is 4.39 Å². The quantitative estimate of drug-likeness (QED) is 0.905. The Balaban J connectivity index is 2.21. The largest absolute Gasteiger partial charge is 0.393 e. The molecule has 1 aromatic heterocycles. The van der Waals surface area contributed by atoms with E-state index in [9.17, 15) is 9.50 Å². The molecular weight excluding hydrogens is 235 g/mol. The minimum Gasteiger partial charge on any atom is -0.393 e. The van der Waals surface area contributed by atoms with Gasteiger partial charge < -0.3 is 9.63 Å². The number of hydrogen-bond donors (Lipinski definition) is 1. The van der Waals surface area contributed by atoms with Gasteiger partial charge in [-0.05, 0) is 25.0 Å². The molecule has 0 bridgehead atoms. The number of aromatic nitrogens is 2. The molecule has 0 aliphatic rings. The van der Waals surface area contributed by atoms with E-state index in [1.165, 1.54) is 6.07 Å². The monoisotopic (exact) mass is 250 g/mol. The van der Waals surface area contributed by atoms with Gasteiger partial charge in [0.1, 0.15) is 5.82 Å². The van der Waals surface area contributed by atoms with Crippen LogP contribution in [0.3, 0.4) is 0 Å². The molecule has 1 unspecified atom stereocenters. The maximum atomic E-state index is 13.4. The standard InChI is InChI=1S/C13H15FN2O2/c1-3-10(17)7-12-15-13(16-18-12)9-5-4-8(2)11(14)6-9/h4-6,10,17H,3,7H2,1-2H3. The number of benzene rings is 1. The van der Waals surface area contributed by atoms with Crippen molar-refractivity contribution in [3.8, 4) is 11.4 Å². The van der Waals surface area contributed by atoms with Crippen LogP contribution in [0.5, 0.6) is 0 Å².